The lowest BCUT2D eigenvalue weighted by Gasteiger charge is -2.53. The van der Waals surface area contributed by atoms with Gasteiger partial charge in [0.05, 0.1) is 5.60 Å². The van der Waals surface area contributed by atoms with Crippen LogP contribution in [0.3, 0.4) is 0 Å². The minimum Gasteiger partial charge on any atom is -0.375 e. The smallest absolute Gasteiger partial charge is 0.0683 e. The fourth-order valence-corrected chi connectivity index (χ4v) is 4.36. The molecule has 0 N–H and O–H groups in total. The van der Waals surface area contributed by atoms with Gasteiger partial charge in [0.1, 0.15) is 0 Å². The molecule has 3 saturated carbocycles. The van der Waals surface area contributed by atoms with Crippen LogP contribution in [0.4, 0.5) is 0 Å². The Morgan fingerprint density at radius 2 is 1.30 bits per heavy atom. The van der Waals surface area contributed by atoms with Crippen LogP contribution in [-0.2, 0) is 4.74 Å². The Morgan fingerprint density at radius 1 is 0.700 bits per heavy atom. The molecule has 3 aliphatic carbocycles. The van der Waals surface area contributed by atoms with Crippen molar-refractivity contribution in [3.63, 3.8) is 0 Å². The summed E-state index contributed by atoms with van der Waals surface area (Å²) in [5.74, 6) is 0. The number of hydrogen-bond acceptors (Lipinski definition) is 1. The Balaban J connectivity index is 1.69. The molecule has 0 unspecified atom stereocenters. The molecule has 0 saturated heterocycles. The van der Waals surface area contributed by atoms with Gasteiger partial charge in [-0.15, -0.1) is 0 Å². The molecule has 20 heavy (non-hydrogen) atoms. The molecule has 0 atom stereocenters. The molecule has 0 spiro atoms. The van der Waals surface area contributed by atoms with Crippen LogP contribution in [0, 0.1) is 5.41 Å². The van der Waals surface area contributed by atoms with Crippen molar-refractivity contribution >= 4 is 0 Å². The van der Waals surface area contributed by atoms with Crippen molar-refractivity contribution in [3.8, 4) is 0 Å². The maximum absolute atomic E-state index is 6.30. The molecule has 3 aliphatic rings. The third-order valence-electron chi connectivity index (χ3n) is 6.05. The van der Waals surface area contributed by atoms with Crippen LogP contribution in [0.15, 0.2) is 0 Å². The van der Waals surface area contributed by atoms with Crippen molar-refractivity contribution < 1.29 is 4.74 Å². The molecule has 0 aromatic rings. The van der Waals surface area contributed by atoms with Crippen molar-refractivity contribution in [1.82, 2.24) is 0 Å². The zero-order chi connectivity index (χ0) is 14.3. The van der Waals surface area contributed by atoms with Crippen molar-refractivity contribution in [2.45, 2.75) is 109 Å². The van der Waals surface area contributed by atoms with Crippen LogP contribution in [0.25, 0.3) is 0 Å². The average molecular weight is 280 g/mol. The molecule has 1 nitrogen and oxygen atoms in total. The summed E-state index contributed by atoms with van der Waals surface area (Å²) in [4.78, 5) is 0. The highest BCUT2D eigenvalue weighted by molar-refractivity contribution is 5.00. The summed E-state index contributed by atoms with van der Waals surface area (Å²) >= 11 is 0. The highest BCUT2D eigenvalue weighted by atomic mass is 16.5. The lowest BCUT2D eigenvalue weighted by atomic mass is 9.57. The lowest BCUT2D eigenvalue weighted by Crippen LogP contribution is -2.47. The van der Waals surface area contributed by atoms with Gasteiger partial charge in [-0.05, 0) is 56.8 Å². The van der Waals surface area contributed by atoms with Crippen molar-refractivity contribution in [2.75, 3.05) is 6.61 Å². The second kappa shape index (κ2) is 7.82. The molecule has 1 heteroatoms. The second-order valence-electron chi connectivity index (χ2n) is 7.55. The summed E-state index contributed by atoms with van der Waals surface area (Å²) in [6.07, 6.45) is 19.6. The minimum absolute atomic E-state index is 0.305. The van der Waals surface area contributed by atoms with Crippen LogP contribution in [0.2, 0.25) is 0 Å². The van der Waals surface area contributed by atoms with Gasteiger partial charge >= 0.3 is 0 Å². The summed E-state index contributed by atoms with van der Waals surface area (Å²) in [6.45, 7) is 5.56. The monoisotopic (exact) mass is 280 g/mol. The third-order valence-corrected chi connectivity index (χ3v) is 6.05. The van der Waals surface area contributed by atoms with Crippen LogP contribution in [-0.4, -0.2) is 12.2 Å². The van der Waals surface area contributed by atoms with Crippen LogP contribution in [0.1, 0.15) is 104 Å². The van der Waals surface area contributed by atoms with E-state index in [4.69, 9.17) is 4.74 Å². The molecular formula is C19H36O. The van der Waals surface area contributed by atoms with Gasteiger partial charge in [0.15, 0.2) is 0 Å². The molecule has 0 heterocycles. The molecule has 2 bridgehead atoms. The van der Waals surface area contributed by atoms with Gasteiger partial charge in [-0.3, -0.25) is 0 Å². The predicted molar refractivity (Wildman–Crippen MR) is 87.1 cm³/mol. The predicted octanol–water partition coefficient (Wildman–Crippen LogP) is 6.26. The van der Waals surface area contributed by atoms with E-state index in [1.165, 1.54) is 89.9 Å². The normalized spacial score (nSPS) is 32.7. The standard InChI is InChI=1S/C19H36O/c1-3-5-7-8-9-10-18-11-14-19(15-12-18,16-13-18)20-17-6-4-2/h3-17H2,1-2H3. The first-order chi connectivity index (χ1) is 9.74. The van der Waals surface area contributed by atoms with Crippen LogP contribution < -0.4 is 0 Å². The van der Waals surface area contributed by atoms with E-state index < -0.39 is 0 Å². The fourth-order valence-electron chi connectivity index (χ4n) is 4.36. The molecule has 3 fully saturated rings. The fraction of sp³-hybridized carbons (Fsp3) is 1.00. The van der Waals surface area contributed by atoms with E-state index in [1.54, 1.807) is 0 Å². The first kappa shape index (κ1) is 16.3. The first-order valence-electron chi connectivity index (χ1n) is 9.38. The van der Waals surface area contributed by atoms with E-state index in [2.05, 4.69) is 13.8 Å². The number of ether oxygens (including phenoxy) is 1. The summed E-state index contributed by atoms with van der Waals surface area (Å²) in [5, 5.41) is 0. The molecule has 3 rings (SSSR count). The Bertz CT molecular complexity index is 246. The van der Waals surface area contributed by atoms with E-state index in [1.807, 2.05) is 0 Å². The van der Waals surface area contributed by atoms with Crippen LogP contribution in [0.5, 0.6) is 0 Å². The van der Waals surface area contributed by atoms with Crippen molar-refractivity contribution in [1.29, 1.82) is 0 Å². The topological polar surface area (TPSA) is 9.23 Å². The maximum Gasteiger partial charge on any atom is 0.0683 e. The van der Waals surface area contributed by atoms with Gasteiger partial charge in [-0.2, -0.15) is 0 Å². The van der Waals surface area contributed by atoms with Crippen molar-refractivity contribution in [2.24, 2.45) is 5.41 Å². The minimum atomic E-state index is 0.305. The summed E-state index contributed by atoms with van der Waals surface area (Å²) in [6, 6.07) is 0. The second-order valence-corrected chi connectivity index (χ2v) is 7.55. The number of rotatable bonds is 10. The third kappa shape index (κ3) is 4.23. The molecule has 0 aromatic carbocycles. The maximum atomic E-state index is 6.30. The van der Waals surface area contributed by atoms with Crippen molar-refractivity contribution in [3.05, 3.63) is 0 Å². The number of unbranched alkanes of at least 4 members (excludes halogenated alkanes) is 5. The molecule has 0 amide bonds. The number of fused-ring (bicyclic) bond motifs is 3. The lowest BCUT2D eigenvalue weighted by molar-refractivity contribution is -0.138. The Morgan fingerprint density at radius 3 is 1.90 bits per heavy atom. The average Bonchev–Trinajstić information content (AvgIpc) is 2.49. The quantitative estimate of drug-likeness (QED) is 0.429. The largest absolute Gasteiger partial charge is 0.375 e. The Labute approximate surface area is 126 Å². The molecule has 0 radical (unpaired) electrons. The zero-order valence-corrected chi connectivity index (χ0v) is 14.0. The van der Waals surface area contributed by atoms with Gasteiger partial charge in [0.2, 0.25) is 0 Å². The zero-order valence-electron chi connectivity index (χ0n) is 14.0. The van der Waals surface area contributed by atoms with Gasteiger partial charge in [-0.1, -0.05) is 52.4 Å². The van der Waals surface area contributed by atoms with Gasteiger partial charge in [0, 0.05) is 6.61 Å². The molecule has 118 valence electrons. The molecular weight excluding hydrogens is 244 g/mol. The van der Waals surface area contributed by atoms with Crippen LogP contribution >= 0.6 is 0 Å². The van der Waals surface area contributed by atoms with E-state index in [-0.39, 0.29) is 0 Å². The Hall–Kier alpha value is -0.0400. The SMILES string of the molecule is CCCCCCCC12CCC(OCCCC)(CC1)CC2. The van der Waals surface area contributed by atoms with Gasteiger partial charge in [0.25, 0.3) is 0 Å². The van der Waals surface area contributed by atoms with Gasteiger partial charge < -0.3 is 4.74 Å². The van der Waals surface area contributed by atoms with Gasteiger partial charge in [-0.25, -0.2) is 0 Å². The Kier molecular flexibility index (Phi) is 6.39. The number of hydrogen-bond donors (Lipinski definition) is 0. The molecule has 0 aromatic heterocycles. The van der Waals surface area contributed by atoms with E-state index in [9.17, 15) is 0 Å². The summed E-state index contributed by atoms with van der Waals surface area (Å²) < 4.78 is 6.30. The van der Waals surface area contributed by atoms with E-state index in [0.29, 0.717) is 5.60 Å². The van der Waals surface area contributed by atoms with E-state index >= 15 is 0 Å². The summed E-state index contributed by atoms with van der Waals surface area (Å²) in [5.41, 5.74) is 1.03. The highest BCUT2D eigenvalue weighted by Crippen LogP contribution is 2.56. The molecule has 0 aliphatic heterocycles. The van der Waals surface area contributed by atoms with E-state index in [0.717, 1.165) is 12.0 Å². The highest BCUT2D eigenvalue weighted by Gasteiger charge is 2.48. The summed E-state index contributed by atoms with van der Waals surface area (Å²) in [7, 11) is 0. The first-order valence-corrected chi connectivity index (χ1v) is 9.38.